The van der Waals surface area contributed by atoms with E-state index in [0.29, 0.717) is 0 Å². The first kappa shape index (κ1) is 14.7. The topological polar surface area (TPSA) is 74.8 Å². The second-order valence-electron chi connectivity index (χ2n) is 6.09. The van der Waals surface area contributed by atoms with Gasteiger partial charge in [0.05, 0.1) is 0 Å². The molecule has 1 aliphatic heterocycles. The van der Waals surface area contributed by atoms with Gasteiger partial charge in [0.2, 0.25) is 5.91 Å². The molecule has 0 aromatic carbocycles. The molecule has 1 amide bonds. The molecule has 116 valence electrons. The van der Waals surface area contributed by atoms with Crippen LogP contribution in [0.15, 0.2) is 18.5 Å². The third kappa shape index (κ3) is 2.86. The molecule has 0 bridgehead atoms. The van der Waals surface area contributed by atoms with Crippen LogP contribution >= 0.6 is 0 Å². The van der Waals surface area contributed by atoms with Crippen molar-refractivity contribution in [1.82, 2.24) is 24.8 Å². The summed E-state index contributed by atoms with van der Waals surface area (Å²) in [6.07, 6.45) is 4.45. The van der Waals surface area contributed by atoms with E-state index in [1.54, 1.807) is 12.4 Å². The summed E-state index contributed by atoms with van der Waals surface area (Å²) in [7, 11) is 0. The van der Waals surface area contributed by atoms with Crippen LogP contribution < -0.4 is 0 Å². The van der Waals surface area contributed by atoms with Gasteiger partial charge in [-0.1, -0.05) is 13.8 Å². The highest BCUT2D eigenvalue weighted by molar-refractivity contribution is 5.78. The molecular weight excluding hydrogens is 278 g/mol. The highest BCUT2D eigenvalue weighted by Gasteiger charge is 2.29. The molecule has 2 aromatic rings. The number of H-pyrrole nitrogens is 1. The Labute approximate surface area is 130 Å². The zero-order chi connectivity index (χ0) is 15.7. The van der Waals surface area contributed by atoms with E-state index in [0.717, 1.165) is 42.5 Å². The zero-order valence-corrected chi connectivity index (χ0v) is 13.2. The van der Waals surface area contributed by atoms with Crippen molar-refractivity contribution in [3.63, 3.8) is 0 Å². The Bertz CT molecular complexity index is 665. The first-order valence-electron chi connectivity index (χ1n) is 7.68. The van der Waals surface area contributed by atoms with E-state index in [4.69, 9.17) is 0 Å². The Hall–Kier alpha value is -2.24. The second kappa shape index (κ2) is 5.87. The number of hydrogen-bond acceptors (Lipinski definition) is 4. The lowest BCUT2D eigenvalue weighted by molar-refractivity contribution is -0.133. The highest BCUT2D eigenvalue weighted by atomic mass is 16.2. The van der Waals surface area contributed by atoms with E-state index >= 15 is 0 Å². The maximum Gasteiger partial charge on any atom is 0.225 e. The minimum Gasteiger partial charge on any atom is -0.343 e. The van der Waals surface area contributed by atoms with E-state index in [1.165, 1.54) is 0 Å². The minimum absolute atomic E-state index is 0.0459. The molecule has 0 unspecified atom stereocenters. The van der Waals surface area contributed by atoms with Gasteiger partial charge < -0.3 is 9.88 Å². The predicted octanol–water partition coefficient (Wildman–Crippen LogP) is 2.15. The number of nitrogens with zero attached hydrogens (tertiary/aromatic N) is 4. The highest BCUT2D eigenvalue weighted by Crippen LogP contribution is 2.28. The van der Waals surface area contributed by atoms with Gasteiger partial charge in [-0.05, 0) is 19.4 Å². The molecule has 6 heteroatoms. The molecule has 0 saturated carbocycles. The van der Waals surface area contributed by atoms with E-state index in [2.05, 4.69) is 19.9 Å². The van der Waals surface area contributed by atoms with Gasteiger partial charge in [0.15, 0.2) is 5.82 Å². The number of rotatable bonds is 3. The quantitative estimate of drug-likeness (QED) is 0.942. The molecule has 0 spiro atoms. The molecule has 0 aliphatic carbocycles. The lowest BCUT2D eigenvalue weighted by atomic mass is 10.0. The van der Waals surface area contributed by atoms with Gasteiger partial charge in [-0.15, -0.1) is 0 Å². The average Bonchev–Trinajstić information content (AvgIpc) is 3.17. The monoisotopic (exact) mass is 299 g/mol. The Balaban J connectivity index is 1.83. The number of aryl methyl sites for hydroxylation is 1. The summed E-state index contributed by atoms with van der Waals surface area (Å²) in [4.78, 5) is 30.4. The van der Waals surface area contributed by atoms with Crippen LogP contribution in [-0.2, 0) is 4.79 Å². The van der Waals surface area contributed by atoms with Crippen molar-refractivity contribution in [2.24, 2.45) is 5.92 Å². The molecular formula is C16H21N5O. The van der Waals surface area contributed by atoms with Gasteiger partial charge in [-0.25, -0.2) is 15.0 Å². The molecule has 1 aliphatic rings. The lowest BCUT2D eigenvalue weighted by Crippen LogP contribution is -2.32. The van der Waals surface area contributed by atoms with E-state index < -0.39 is 0 Å². The van der Waals surface area contributed by atoms with Gasteiger partial charge in [0.1, 0.15) is 11.5 Å². The maximum atomic E-state index is 12.1. The van der Waals surface area contributed by atoms with Crippen LogP contribution in [-0.4, -0.2) is 43.8 Å². The normalized spacial score (nSPS) is 18.2. The lowest BCUT2D eigenvalue weighted by Gasteiger charge is -2.18. The van der Waals surface area contributed by atoms with Crippen molar-refractivity contribution < 1.29 is 4.79 Å². The van der Waals surface area contributed by atoms with Crippen molar-refractivity contribution in [2.75, 3.05) is 13.1 Å². The molecule has 3 rings (SSSR count). The second-order valence-corrected chi connectivity index (χ2v) is 6.09. The number of amides is 1. The van der Waals surface area contributed by atoms with Gasteiger partial charge in [0, 0.05) is 43.0 Å². The van der Waals surface area contributed by atoms with Crippen molar-refractivity contribution in [3.8, 4) is 11.5 Å². The third-order valence-electron chi connectivity index (χ3n) is 4.01. The Morgan fingerprint density at radius 1 is 1.41 bits per heavy atom. The van der Waals surface area contributed by atoms with Crippen LogP contribution in [0.1, 0.15) is 37.7 Å². The minimum atomic E-state index is 0.0459. The molecule has 3 heterocycles. The van der Waals surface area contributed by atoms with Crippen molar-refractivity contribution in [1.29, 1.82) is 0 Å². The van der Waals surface area contributed by atoms with E-state index in [-0.39, 0.29) is 17.7 Å². The SMILES string of the molecule is Cc1nc(-c2ncc[nH]2)cc([C@@H]2CCN(C(=O)C(C)C)C2)n1. The molecule has 0 radical (unpaired) electrons. The summed E-state index contributed by atoms with van der Waals surface area (Å²) in [6.45, 7) is 7.33. The smallest absolute Gasteiger partial charge is 0.225 e. The molecule has 6 nitrogen and oxygen atoms in total. The summed E-state index contributed by atoms with van der Waals surface area (Å²) in [5, 5.41) is 0. The largest absolute Gasteiger partial charge is 0.343 e. The Kier molecular flexibility index (Phi) is 3.92. The standard InChI is InChI=1S/C16H21N5O/c1-10(2)16(22)21-7-4-12(9-21)13-8-14(20-11(3)19-13)15-17-5-6-18-15/h5-6,8,10,12H,4,7,9H2,1-3H3,(H,17,18)/t12-/m1/s1. The van der Waals surface area contributed by atoms with Crippen LogP contribution in [0.25, 0.3) is 11.5 Å². The number of imidazole rings is 1. The number of aromatic amines is 1. The first-order chi connectivity index (χ1) is 10.5. The van der Waals surface area contributed by atoms with Gasteiger partial charge in [-0.2, -0.15) is 0 Å². The summed E-state index contributed by atoms with van der Waals surface area (Å²) in [6, 6.07) is 1.99. The van der Waals surface area contributed by atoms with Crippen molar-refractivity contribution >= 4 is 5.91 Å². The first-order valence-corrected chi connectivity index (χ1v) is 7.68. The van der Waals surface area contributed by atoms with Gasteiger partial charge in [-0.3, -0.25) is 4.79 Å². The van der Waals surface area contributed by atoms with Crippen LogP contribution in [0.4, 0.5) is 0 Å². The molecule has 22 heavy (non-hydrogen) atoms. The molecule has 1 saturated heterocycles. The summed E-state index contributed by atoms with van der Waals surface area (Å²) >= 11 is 0. The average molecular weight is 299 g/mol. The Morgan fingerprint density at radius 3 is 2.91 bits per heavy atom. The van der Waals surface area contributed by atoms with E-state index in [9.17, 15) is 4.79 Å². The summed E-state index contributed by atoms with van der Waals surface area (Å²) in [5.41, 5.74) is 1.80. The number of carbonyl (C=O) groups excluding carboxylic acids is 1. The number of carbonyl (C=O) groups is 1. The fraction of sp³-hybridized carbons (Fsp3) is 0.500. The fourth-order valence-corrected chi connectivity index (χ4v) is 2.89. The van der Waals surface area contributed by atoms with Crippen LogP contribution in [0.5, 0.6) is 0 Å². The number of likely N-dealkylation sites (tertiary alicyclic amines) is 1. The van der Waals surface area contributed by atoms with Crippen LogP contribution in [0, 0.1) is 12.8 Å². The molecule has 1 N–H and O–H groups in total. The van der Waals surface area contributed by atoms with Crippen LogP contribution in [0.3, 0.4) is 0 Å². The number of aromatic nitrogens is 4. The Morgan fingerprint density at radius 2 is 2.23 bits per heavy atom. The molecule has 1 atom stereocenters. The van der Waals surface area contributed by atoms with Crippen molar-refractivity contribution in [2.45, 2.75) is 33.1 Å². The number of hydrogen-bond donors (Lipinski definition) is 1. The summed E-state index contributed by atoms with van der Waals surface area (Å²) in [5.74, 6) is 2.03. The maximum absolute atomic E-state index is 12.1. The molecule has 1 fully saturated rings. The fourth-order valence-electron chi connectivity index (χ4n) is 2.89. The third-order valence-corrected chi connectivity index (χ3v) is 4.01. The number of nitrogens with one attached hydrogen (secondary N) is 1. The van der Waals surface area contributed by atoms with E-state index in [1.807, 2.05) is 31.7 Å². The predicted molar refractivity (Wildman–Crippen MR) is 83.1 cm³/mol. The van der Waals surface area contributed by atoms with Crippen LogP contribution in [0.2, 0.25) is 0 Å². The summed E-state index contributed by atoms with van der Waals surface area (Å²) < 4.78 is 0. The molecule has 2 aromatic heterocycles. The van der Waals surface area contributed by atoms with Crippen molar-refractivity contribution in [3.05, 3.63) is 30.0 Å². The zero-order valence-electron chi connectivity index (χ0n) is 13.2. The van der Waals surface area contributed by atoms with Gasteiger partial charge >= 0.3 is 0 Å². The van der Waals surface area contributed by atoms with Gasteiger partial charge in [0.25, 0.3) is 0 Å².